The van der Waals surface area contributed by atoms with Crippen LogP contribution in [0.15, 0.2) is 24.3 Å². The normalized spacial score (nSPS) is 12.2. The molecule has 4 nitrogen and oxygen atoms in total. The Hall–Kier alpha value is -1.84. The molecule has 0 bridgehead atoms. The van der Waals surface area contributed by atoms with E-state index < -0.39 is 12.0 Å². The van der Waals surface area contributed by atoms with Crippen LogP contribution in [0.3, 0.4) is 0 Å². The van der Waals surface area contributed by atoms with Crippen LogP contribution in [0.25, 0.3) is 0 Å². The lowest BCUT2D eigenvalue weighted by molar-refractivity contribution is -0.308. The average Bonchev–Trinajstić information content (AvgIpc) is 2.37. The Bertz CT molecular complexity index is 437. The quantitative estimate of drug-likeness (QED) is 0.836. The fourth-order valence-corrected chi connectivity index (χ4v) is 1.82. The lowest BCUT2D eigenvalue weighted by atomic mass is 10.0. The summed E-state index contributed by atoms with van der Waals surface area (Å²) in [5, 5.41) is 13.5. The highest BCUT2D eigenvalue weighted by Gasteiger charge is 2.16. The number of aryl methyl sites for hydroxylation is 1. The van der Waals surface area contributed by atoms with Crippen LogP contribution in [0.5, 0.6) is 0 Å². The lowest BCUT2D eigenvalue weighted by Crippen LogP contribution is -2.48. The van der Waals surface area contributed by atoms with E-state index in [1.54, 1.807) is 12.1 Å². The standard InChI is InChI=1S/C15H21NO3/c1-4-11-5-7-12(8-6-11)14(17)16-13(15(18)19)9-10(2)3/h5-8,10,13H,4,9H2,1-3H3,(H,16,17)(H,18,19)/p-1/t13-/m0/s1. The number of nitrogens with one attached hydrogen (secondary N) is 1. The van der Waals surface area contributed by atoms with E-state index in [2.05, 4.69) is 5.32 Å². The highest BCUT2D eigenvalue weighted by atomic mass is 16.4. The van der Waals surface area contributed by atoms with Crippen LogP contribution in [0.1, 0.15) is 43.1 Å². The zero-order chi connectivity index (χ0) is 14.4. The van der Waals surface area contributed by atoms with Crippen LogP contribution in [-0.4, -0.2) is 17.9 Å². The minimum Gasteiger partial charge on any atom is -0.548 e. The van der Waals surface area contributed by atoms with Crippen molar-refractivity contribution in [2.75, 3.05) is 0 Å². The van der Waals surface area contributed by atoms with Crippen molar-refractivity contribution in [1.29, 1.82) is 0 Å². The van der Waals surface area contributed by atoms with Gasteiger partial charge in [-0.25, -0.2) is 0 Å². The maximum absolute atomic E-state index is 11.9. The van der Waals surface area contributed by atoms with Crippen molar-refractivity contribution in [3.8, 4) is 0 Å². The van der Waals surface area contributed by atoms with Crippen LogP contribution in [0.4, 0.5) is 0 Å². The molecule has 1 atom stereocenters. The van der Waals surface area contributed by atoms with Crippen molar-refractivity contribution in [2.24, 2.45) is 5.92 Å². The van der Waals surface area contributed by atoms with Gasteiger partial charge in [0.25, 0.3) is 5.91 Å². The molecule has 0 saturated carbocycles. The first kappa shape index (κ1) is 15.2. The van der Waals surface area contributed by atoms with E-state index in [0.717, 1.165) is 12.0 Å². The number of carboxylic acid groups (broad SMARTS) is 1. The Morgan fingerprint density at radius 1 is 1.21 bits per heavy atom. The Morgan fingerprint density at radius 3 is 2.21 bits per heavy atom. The number of rotatable bonds is 6. The first-order chi connectivity index (χ1) is 8.93. The zero-order valence-electron chi connectivity index (χ0n) is 11.6. The highest BCUT2D eigenvalue weighted by molar-refractivity contribution is 5.96. The molecule has 0 saturated heterocycles. The molecule has 1 rings (SSSR count). The zero-order valence-corrected chi connectivity index (χ0v) is 11.6. The fraction of sp³-hybridized carbons (Fsp3) is 0.467. The van der Waals surface area contributed by atoms with Gasteiger partial charge in [0.15, 0.2) is 0 Å². The van der Waals surface area contributed by atoms with Crippen molar-refractivity contribution in [3.63, 3.8) is 0 Å². The largest absolute Gasteiger partial charge is 0.548 e. The molecule has 0 heterocycles. The minimum absolute atomic E-state index is 0.172. The third kappa shape index (κ3) is 4.73. The van der Waals surface area contributed by atoms with E-state index in [1.165, 1.54) is 0 Å². The van der Waals surface area contributed by atoms with Gasteiger partial charge in [-0.15, -0.1) is 0 Å². The summed E-state index contributed by atoms with van der Waals surface area (Å²) in [6.07, 6.45) is 1.26. The summed E-state index contributed by atoms with van der Waals surface area (Å²) in [6, 6.07) is 6.20. The average molecular weight is 262 g/mol. The highest BCUT2D eigenvalue weighted by Crippen LogP contribution is 2.08. The Balaban J connectivity index is 2.72. The molecule has 0 radical (unpaired) electrons. The molecule has 4 heteroatoms. The molecule has 0 aromatic heterocycles. The van der Waals surface area contributed by atoms with Crippen LogP contribution in [-0.2, 0) is 11.2 Å². The molecular formula is C15H20NO3-. The summed E-state index contributed by atoms with van der Waals surface area (Å²) >= 11 is 0. The van der Waals surface area contributed by atoms with Crippen molar-refractivity contribution >= 4 is 11.9 Å². The van der Waals surface area contributed by atoms with Crippen molar-refractivity contribution < 1.29 is 14.7 Å². The second kappa shape index (κ2) is 6.92. The molecule has 19 heavy (non-hydrogen) atoms. The van der Waals surface area contributed by atoms with Gasteiger partial charge in [0, 0.05) is 5.56 Å². The number of hydrogen-bond acceptors (Lipinski definition) is 3. The summed E-state index contributed by atoms with van der Waals surface area (Å²) in [5.41, 5.74) is 1.60. The van der Waals surface area contributed by atoms with Crippen LogP contribution < -0.4 is 10.4 Å². The lowest BCUT2D eigenvalue weighted by Gasteiger charge is -2.21. The third-order valence-corrected chi connectivity index (χ3v) is 2.92. The fourth-order valence-electron chi connectivity index (χ4n) is 1.82. The number of hydrogen-bond donors (Lipinski definition) is 1. The Kier molecular flexibility index (Phi) is 5.55. The first-order valence-corrected chi connectivity index (χ1v) is 6.54. The molecule has 0 aliphatic carbocycles. The molecule has 1 amide bonds. The van der Waals surface area contributed by atoms with Crippen molar-refractivity contribution in [2.45, 2.75) is 39.7 Å². The number of carbonyl (C=O) groups is 2. The number of carbonyl (C=O) groups excluding carboxylic acids is 2. The molecule has 1 N–H and O–H groups in total. The molecular weight excluding hydrogens is 242 g/mol. The smallest absolute Gasteiger partial charge is 0.251 e. The number of benzene rings is 1. The number of aliphatic carboxylic acids is 1. The van der Waals surface area contributed by atoms with Gasteiger partial charge in [0.05, 0.1) is 12.0 Å². The maximum atomic E-state index is 11.9. The molecule has 1 aromatic rings. The summed E-state index contributed by atoms with van der Waals surface area (Å²) in [4.78, 5) is 22.9. The second-order valence-electron chi connectivity index (χ2n) is 5.03. The van der Waals surface area contributed by atoms with Gasteiger partial charge < -0.3 is 15.2 Å². The van der Waals surface area contributed by atoms with E-state index in [1.807, 2.05) is 32.9 Å². The Labute approximate surface area is 113 Å². The second-order valence-corrected chi connectivity index (χ2v) is 5.03. The van der Waals surface area contributed by atoms with Crippen LogP contribution >= 0.6 is 0 Å². The maximum Gasteiger partial charge on any atom is 0.251 e. The van der Waals surface area contributed by atoms with E-state index >= 15 is 0 Å². The molecule has 0 unspecified atom stereocenters. The number of amides is 1. The summed E-state index contributed by atoms with van der Waals surface area (Å²) in [6.45, 7) is 5.83. The van der Waals surface area contributed by atoms with Gasteiger partial charge in [-0.1, -0.05) is 32.9 Å². The summed E-state index contributed by atoms with van der Waals surface area (Å²) in [7, 11) is 0. The Morgan fingerprint density at radius 2 is 1.79 bits per heavy atom. The molecule has 0 aliphatic rings. The van der Waals surface area contributed by atoms with Gasteiger partial charge >= 0.3 is 0 Å². The topological polar surface area (TPSA) is 69.2 Å². The number of carboxylic acids is 1. The van der Waals surface area contributed by atoms with E-state index in [9.17, 15) is 14.7 Å². The van der Waals surface area contributed by atoms with Gasteiger partial charge in [-0.05, 0) is 36.5 Å². The molecule has 0 aliphatic heterocycles. The van der Waals surface area contributed by atoms with Gasteiger partial charge in [-0.3, -0.25) is 4.79 Å². The van der Waals surface area contributed by atoms with Crippen LogP contribution in [0.2, 0.25) is 0 Å². The first-order valence-electron chi connectivity index (χ1n) is 6.54. The minimum atomic E-state index is -1.24. The van der Waals surface area contributed by atoms with E-state index in [0.29, 0.717) is 12.0 Å². The molecule has 1 aromatic carbocycles. The summed E-state index contributed by atoms with van der Waals surface area (Å²) < 4.78 is 0. The van der Waals surface area contributed by atoms with Gasteiger partial charge in [-0.2, -0.15) is 0 Å². The van der Waals surface area contributed by atoms with E-state index in [-0.39, 0.29) is 11.8 Å². The molecule has 0 fully saturated rings. The van der Waals surface area contributed by atoms with Crippen LogP contribution in [0, 0.1) is 5.92 Å². The van der Waals surface area contributed by atoms with Crippen molar-refractivity contribution in [1.82, 2.24) is 5.32 Å². The summed E-state index contributed by atoms with van der Waals surface area (Å²) in [5.74, 6) is -1.45. The van der Waals surface area contributed by atoms with E-state index in [4.69, 9.17) is 0 Å². The SMILES string of the molecule is CCc1ccc(C(=O)N[C@@H](CC(C)C)C(=O)[O-])cc1. The van der Waals surface area contributed by atoms with Gasteiger partial charge in [0.1, 0.15) is 0 Å². The van der Waals surface area contributed by atoms with Crippen molar-refractivity contribution in [3.05, 3.63) is 35.4 Å². The third-order valence-electron chi connectivity index (χ3n) is 2.92. The predicted molar refractivity (Wildman–Crippen MR) is 71.5 cm³/mol. The monoisotopic (exact) mass is 262 g/mol. The predicted octanol–water partition coefficient (Wildman–Crippen LogP) is 1.14. The molecule has 104 valence electrons. The molecule has 0 spiro atoms. The van der Waals surface area contributed by atoms with Gasteiger partial charge in [0.2, 0.25) is 0 Å².